The fourth-order valence-electron chi connectivity index (χ4n) is 4.32. The third-order valence-corrected chi connectivity index (χ3v) is 7.45. The predicted molar refractivity (Wildman–Crippen MR) is 146 cm³/mol. The lowest BCUT2D eigenvalue weighted by Crippen LogP contribution is -2.38. The van der Waals surface area contributed by atoms with Gasteiger partial charge < -0.3 is 19.5 Å². The van der Waals surface area contributed by atoms with E-state index in [1.54, 1.807) is 17.5 Å². The highest BCUT2D eigenvalue weighted by atomic mass is 35.5. The fraction of sp³-hybridized carbons (Fsp3) is 0.444. The summed E-state index contributed by atoms with van der Waals surface area (Å²) in [4.78, 5) is 34.5. The molecular formula is C27H34ClN5O3S. The molecular weight excluding hydrogens is 510 g/mol. The monoisotopic (exact) mass is 543 g/mol. The minimum Gasteiger partial charge on any atom is -0.379 e. The highest BCUT2D eigenvalue weighted by molar-refractivity contribution is 7.09. The van der Waals surface area contributed by atoms with Gasteiger partial charge in [0, 0.05) is 43.4 Å². The van der Waals surface area contributed by atoms with E-state index in [0.29, 0.717) is 42.5 Å². The highest BCUT2D eigenvalue weighted by Crippen LogP contribution is 2.20. The Bertz CT molecular complexity index is 1170. The van der Waals surface area contributed by atoms with Crippen molar-refractivity contribution in [3.63, 3.8) is 0 Å². The number of rotatable bonds is 12. The van der Waals surface area contributed by atoms with Gasteiger partial charge in [0.25, 0.3) is 11.8 Å². The lowest BCUT2D eigenvalue weighted by Gasteiger charge is -2.26. The molecule has 37 heavy (non-hydrogen) atoms. The molecule has 0 bridgehead atoms. The van der Waals surface area contributed by atoms with E-state index in [1.165, 1.54) is 11.3 Å². The van der Waals surface area contributed by atoms with Gasteiger partial charge in [0.2, 0.25) is 0 Å². The first kappa shape index (κ1) is 27.3. The number of carbonyl (C=O) groups excluding carboxylic acids is 2. The molecule has 0 spiro atoms. The van der Waals surface area contributed by atoms with E-state index in [4.69, 9.17) is 16.3 Å². The summed E-state index contributed by atoms with van der Waals surface area (Å²) in [6.07, 6.45) is 3.72. The van der Waals surface area contributed by atoms with Crippen molar-refractivity contribution >= 4 is 34.8 Å². The van der Waals surface area contributed by atoms with Crippen LogP contribution in [0.3, 0.4) is 0 Å². The molecule has 8 nitrogen and oxygen atoms in total. The van der Waals surface area contributed by atoms with E-state index < -0.39 is 0 Å². The van der Waals surface area contributed by atoms with Crippen LogP contribution >= 0.6 is 22.9 Å². The molecule has 0 aliphatic carbocycles. The van der Waals surface area contributed by atoms with Crippen LogP contribution in [0.5, 0.6) is 0 Å². The molecule has 1 aromatic carbocycles. The van der Waals surface area contributed by atoms with Crippen molar-refractivity contribution < 1.29 is 14.3 Å². The van der Waals surface area contributed by atoms with Crippen molar-refractivity contribution in [2.24, 2.45) is 0 Å². The lowest BCUT2D eigenvalue weighted by atomic mass is 10.2. The summed E-state index contributed by atoms with van der Waals surface area (Å²) >= 11 is 7.76. The van der Waals surface area contributed by atoms with Gasteiger partial charge in [-0.25, -0.2) is 4.98 Å². The molecule has 1 aliphatic rings. The van der Waals surface area contributed by atoms with Crippen LogP contribution in [0.25, 0.3) is 0 Å². The maximum absolute atomic E-state index is 13.2. The first-order chi connectivity index (χ1) is 18.0. The van der Waals surface area contributed by atoms with Crippen molar-refractivity contribution in [2.75, 3.05) is 45.9 Å². The summed E-state index contributed by atoms with van der Waals surface area (Å²) in [5.74, 6) is -0.223. The van der Waals surface area contributed by atoms with Crippen LogP contribution < -0.4 is 5.32 Å². The van der Waals surface area contributed by atoms with Gasteiger partial charge in [-0.3, -0.25) is 14.5 Å². The minimum absolute atomic E-state index is 0.0815. The van der Waals surface area contributed by atoms with Crippen molar-refractivity contribution in [2.45, 2.75) is 32.9 Å². The third kappa shape index (κ3) is 7.64. The molecule has 2 aromatic heterocycles. The van der Waals surface area contributed by atoms with E-state index >= 15 is 0 Å². The van der Waals surface area contributed by atoms with Crippen LogP contribution in [-0.4, -0.2) is 77.1 Å². The van der Waals surface area contributed by atoms with Crippen molar-refractivity contribution in [1.29, 1.82) is 0 Å². The number of hydrogen-bond acceptors (Lipinski definition) is 6. The third-order valence-electron chi connectivity index (χ3n) is 6.29. The maximum Gasteiger partial charge on any atom is 0.270 e. The first-order valence-corrected chi connectivity index (χ1v) is 14.0. The van der Waals surface area contributed by atoms with Gasteiger partial charge in [0.1, 0.15) is 10.7 Å². The van der Waals surface area contributed by atoms with Crippen molar-refractivity contribution in [3.05, 3.63) is 75.0 Å². The number of halogens is 1. The summed E-state index contributed by atoms with van der Waals surface area (Å²) in [6.45, 7) is 8.73. The number of thiazole rings is 1. The van der Waals surface area contributed by atoms with Gasteiger partial charge in [-0.1, -0.05) is 30.7 Å². The number of amides is 2. The second kappa shape index (κ2) is 13.7. The second-order valence-corrected chi connectivity index (χ2v) is 10.4. The molecule has 4 rings (SSSR count). The molecule has 1 fully saturated rings. The quantitative estimate of drug-likeness (QED) is 0.347. The van der Waals surface area contributed by atoms with Crippen molar-refractivity contribution in [1.82, 2.24) is 24.7 Å². The van der Waals surface area contributed by atoms with Crippen LogP contribution in [0.15, 0.2) is 48.0 Å². The number of nitrogens with one attached hydrogen (secondary N) is 1. The summed E-state index contributed by atoms with van der Waals surface area (Å²) in [7, 11) is 0. The zero-order valence-electron chi connectivity index (χ0n) is 21.2. The Morgan fingerprint density at radius 2 is 2.00 bits per heavy atom. The first-order valence-electron chi connectivity index (χ1n) is 12.8. The molecule has 0 atom stereocenters. The van der Waals surface area contributed by atoms with Crippen molar-refractivity contribution in [3.8, 4) is 0 Å². The maximum atomic E-state index is 13.2. The zero-order chi connectivity index (χ0) is 26.0. The molecule has 0 saturated carbocycles. The topological polar surface area (TPSA) is 79.7 Å². The Kier molecular flexibility index (Phi) is 10.1. The fourth-order valence-corrected chi connectivity index (χ4v) is 5.31. The number of benzene rings is 1. The molecule has 1 N–H and O–H groups in total. The Labute approximate surface area is 227 Å². The normalized spacial score (nSPS) is 14.0. The van der Waals surface area contributed by atoms with E-state index in [9.17, 15) is 9.59 Å². The molecule has 2 amide bonds. The lowest BCUT2D eigenvalue weighted by molar-refractivity contribution is 0.0374. The Morgan fingerprint density at radius 3 is 2.78 bits per heavy atom. The molecule has 3 aromatic rings. The number of carbonyl (C=O) groups is 2. The summed E-state index contributed by atoms with van der Waals surface area (Å²) < 4.78 is 7.44. The van der Waals surface area contributed by atoms with Gasteiger partial charge in [0.15, 0.2) is 0 Å². The van der Waals surface area contributed by atoms with Crippen LogP contribution in [0.1, 0.15) is 51.3 Å². The Balaban J connectivity index is 1.32. The second-order valence-electron chi connectivity index (χ2n) is 9.02. The summed E-state index contributed by atoms with van der Waals surface area (Å²) in [5, 5.41) is 6.09. The average Bonchev–Trinajstić information content (AvgIpc) is 3.57. The number of hydrogen-bond donors (Lipinski definition) is 1. The molecule has 0 unspecified atom stereocenters. The SMILES string of the molecule is CCCN(Cc1cccn1Cc1nc(C(=O)NCCCN2CCOCC2)cs1)C(=O)c1ccccc1Cl. The number of nitrogens with zero attached hydrogens (tertiary/aromatic N) is 4. The smallest absolute Gasteiger partial charge is 0.270 e. The van der Waals surface area contributed by atoms with Crippen LogP contribution in [0.4, 0.5) is 0 Å². The molecule has 3 heterocycles. The van der Waals surface area contributed by atoms with Gasteiger partial charge in [0.05, 0.1) is 36.9 Å². The number of aromatic nitrogens is 2. The van der Waals surface area contributed by atoms with Gasteiger partial charge in [-0.05, 0) is 43.7 Å². The van der Waals surface area contributed by atoms with Crippen LogP contribution in [-0.2, 0) is 17.8 Å². The summed E-state index contributed by atoms with van der Waals surface area (Å²) in [6, 6.07) is 11.1. The molecule has 1 saturated heterocycles. The molecule has 10 heteroatoms. The largest absolute Gasteiger partial charge is 0.379 e. The van der Waals surface area contributed by atoms with E-state index in [-0.39, 0.29) is 11.8 Å². The highest BCUT2D eigenvalue weighted by Gasteiger charge is 2.20. The number of morpholine rings is 1. The van der Waals surface area contributed by atoms with E-state index in [0.717, 1.165) is 56.4 Å². The van der Waals surface area contributed by atoms with Gasteiger partial charge >= 0.3 is 0 Å². The van der Waals surface area contributed by atoms with E-state index in [2.05, 4.69) is 26.7 Å². The van der Waals surface area contributed by atoms with E-state index in [1.807, 2.05) is 35.4 Å². The zero-order valence-corrected chi connectivity index (χ0v) is 22.8. The van der Waals surface area contributed by atoms with Crippen LogP contribution in [0.2, 0.25) is 5.02 Å². The Hall–Kier alpha value is -2.72. The molecule has 198 valence electrons. The molecule has 0 radical (unpaired) electrons. The Morgan fingerprint density at radius 1 is 1.19 bits per heavy atom. The van der Waals surface area contributed by atoms with Crippen LogP contribution in [0, 0.1) is 0 Å². The predicted octanol–water partition coefficient (Wildman–Crippen LogP) is 4.15. The average molecular weight is 544 g/mol. The van der Waals surface area contributed by atoms with Gasteiger partial charge in [-0.15, -0.1) is 11.3 Å². The summed E-state index contributed by atoms with van der Waals surface area (Å²) in [5.41, 5.74) is 1.95. The standard InChI is InChI=1S/C27H34ClN5O3S/c1-2-11-33(27(35)22-8-3-4-9-23(22)28)18-21-7-5-13-32(21)19-25-30-24(20-37-25)26(34)29-10-6-12-31-14-16-36-17-15-31/h3-5,7-9,13,20H,2,6,10-12,14-19H2,1H3,(H,29,34). The minimum atomic E-state index is -0.142. The number of ether oxygens (including phenoxy) is 1. The molecule has 1 aliphatic heterocycles. The van der Waals surface area contributed by atoms with Gasteiger partial charge in [-0.2, -0.15) is 0 Å².